The molecule has 4 aromatic rings. The smallest absolute Gasteiger partial charge is 0.266 e. The zero-order chi connectivity index (χ0) is 26.0. The Hall–Kier alpha value is -4.60. The second-order valence-corrected chi connectivity index (χ2v) is 8.44. The van der Waals surface area contributed by atoms with Gasteiger partial charge in [-0.2, -0.15) is 5.26 Å². The molecule has 1 N–H and O–H groups in total. The van der Waals surface area contributed by atoms with Gasteiger partial charge in [-0.1, -0.05) is 60.1 Å². The number of nitriles is 1. The van der Waals surface area contributed by atoms with Crippen LogP contribution in [0.3, 0.4) is 0 Å². The first kappa shape index (κ1) is 25.5. The van der Waals surface area contributed by atoms with E-state index in [1.807, 2.05) is 36.4 Å². The molecule has 37 heavy (non-hydrogen) atoms. The van der Waals surface area contributed by atoms with Crippen LogP contribution >= 0.6 is 11.6 Å². The van der Waals surface area contributed by atoms with Crippen LogP contribution in [0.1, 0.15) is 16.7 Å². The summed E-state index contributed by atoms with van der Waals surface area (Å²) in [5, 5.41) is 12.5. The lowest BCUT2D eigenvalue weighted by atomic mass is 10.1. The van der Waals surface area contributed by atoms with Crippen LogP contribution in [0.4, 0.5) is 10.1 Å². The van der Waals surface area contributed by atoms with E-state index >= 15 is 0 Å². The SMILES string of the molecule is N#C/C(=C\c1ccc(OCc2cccc(F)c2)c(Cl)c1)C(=O)Nc1ccc(OCc2ccccc2)cc1. The van der Waals surface area contributed by atoms with Crippen LogP contribution in [-0.2, 0) is 18.0 Å². The topological polar surface area (TPSA) is 71.3 Å². The number of anilines is 1. The van der Waals surface area contributed by atoms with Crippen molar-refractivity contribution in [3.05, 3.63) is 130 Å². The molecule has 0 fully saturated rings. The van der Waals surface area contributed by atoms with Crippen molar-refractivity contribution in [2.45, 2.75) is 13.2 Å². The maximum Gasteiger partial charge on any atom is 0.266 e. The van der Waals surface area contributed by atoms with Gasteiger partial charge >= 0.3 is 0 Å². The average Bonchev–Trinajstić information content (AvgIpc) is 2.91. The highest BCUT2D eigenvalue weighted by molar-refractivity contribution is 6.32. The second kappa shape index (κ2) is 12.4. The molecule has 0 bridgehead atoms. The van der Waals surface area contributed by atoms with Gasteiger partial charge in [0.2, 0.25) is 0 Å². The molecule has 0 aromatic heterocycles. The summed E-state index contributed by atoms with van der Waals surface area (Å²) >= 11 is 6.32. The molecule has 0 saturated heterocycles. The molecule has 0 aliphatic rings. The van der Waals surface area contributed by atoms with Crippen molar-refractivity contribution in [1.29, 1.82) is 5.26 Å². The number of hydrogen-bond donors (Lipinski definition) is 1. The molecular formula is C30H22ClFN2O3. The molecule has 0 unspecified atom stereocenters. The third-order valence-corrected chi connectivity index (χ3v) is 5.57. The monoisotopic (exact) mass is 512 g/mol. The molecule has 0 radical (unpaired) electrons. The summed E-state index contributed by atoms with van der Waals surface area (Å²) in [5.74, 6) is 0.165. The summed E-state index contributed by atoms with van der Waals surface area (Å²) in [6, 6.07) is 29.6. The lowest BCUT2D eigenvalue weighted by Gasteiger charge is -2.10. The molecule has 0 aliphatic heterocycles. The summed E-state index contributed by atoms with van der Waals surface area (Å²) < 4.78 is 24.8. The van der Waals surface area contributed by atoms with Crippen LogP contribution in [0.2, 0.25) is 5.02 Å². The highest BCUT2D eigenvalue weighted by atomic mass is 35.5. The Morgan fingerprint density at radius 3 is 2.32 bits per heavy atom. The lowest BCUT2D eigenvalue weighted by molar-refractivity contribution is -0.112. The maximum absolute atomic E-state index is 13.3. The first-order valence-corrected chi connectivity index (χ1v) is 11.7. The maximum atomic E-state index is 13.3. The first-order chi connectivity index (χ1) is 18.0. The van der Waals surface area contributed by atoms with Crippen LogP contribution in [0, 0.1) is 17.1 Å². The van der Waals surface area contributed by atoms with Crippen LogP contribution in [0.5, 0.6) is 11.5 Å². The molecule has 5 nitrogen and oxygen atoms in total. The number of nitrogens with zero attached hydrogens (tertiary/aromatic N) is 1. The fourth-order valence-electron chi connectivity index (χ4n) is 3.40. The molecule has 0 spiro atoms. The number of amides is 1. The fourth-order valence-corrected chi connectivity index (χ4v) is 3.64. The minimum atomic E-state index is -0.553. The third-order valence-electron chi connectivity index (χ3n) is 5.28. The number of benzene rings is 4. The molecule has 0 heterocycles. The first-order valence-electron chi connectivity index (χ1n) is 11.4. The molecule has 1 amide bonds. The van der Waals surface area contributed by atoms with Gasteiger partial charge in [0.25, 0.3) is 5.91 Å². The van der Waals surface area contributed by atoms with Crippen molar-refractivity contribution in [2.75, 3.05) is 5.32 Å². The Morgan fingerprint density at radius 2 is 1.62 bits per heavy atom. The number of carbonyl (C=O) groups is 1. The van der Waals surface area contributed by atoms with Crippen molar-refractivity contribution in [2.24, 2.45) is 0 Å². The van der Waals surface area contributed by atoms with Crippen molar-refractivity contribution >= 4 is 29.3 Å². The van der Waals surface area contributed by atoms with Crippen LogP contribution < -0.4 is 14.8 Å². The molecule has 4 aromatic carbocycles. The molecule has 7 heteroatoms. The van der Waals surface area contributed by atoms with Crippen LogP contribution in [0.15, 0.2) is 103 Å². The summed E-state index contributed by atoms with van der Waals surface area (Å²) in [5.41, 5.74) is 2.71. The van der Waals surface area contributed by atoms with Gasteiger partial charge in [0.15, 0.2) is 0 Å². The van der Waals surface area contributed by atoms with E-state index in [1.54, 1.807) is 54.6 Å². The highest BCUT2D eigenvalue weighted by Crippen LogP contribution is 2.27. The fraction of sp³-hybridized carbons (Fsp3) is 0.0667. The van der Waals surface area contributed by atoms with E-state index in [2.05, 4.69) is 5.32 Å². The summed E-state index contributed by atoms with van der Waals surface area (Å²) in [6.07, 6.45) is 1.44. The van der Waals surface area contributed by atoms with Gasteiger partial charge in [0.05, 0.1) is 5.02 Å². The predicted octanol–water partition coefficient (Wildman–Crippen LogP) is 7.18. The van der Waals surface area contributed by atoms with Gasteiger partial charge in [0, 0.05) is 5.69 Å². The molecule has 0 aliphatic carbocycles. The van der Waals surface area contributed by atoms with E-state index in [9.17, 15) is 14.4 Å². The number of carbonyl (C=O) groups excluding carboxylic acids is 1. The van der Waals surface area contributed by atoms with Crippen molar-refractivity contribution in [1.82, 2.24) is 0 Å². The zero-order valence-corrected chi connectivity index (χ0v) is 20.4. The van der Waals surface area contributed by atoms with Crippen molar-refractivity contribution in [3.63, 3.8) is 0 Å². The molecule has 184 valence electrons. The molecular weight excluding hydrogens is 491 g/mol. The molecule has 0 saturated carbocycles. The summed E-state index contributed by atoms with van der Waals surface area (Å²) in [7, 11) is 0. The summed E-state index contributed by atoms with van der Waals surface area (Å²) in [6.45, 7) is 0.583. The zero-order valence-electron chi connectivity index (χ0n) is 19.7. The van der Waals surface area contributed by atoms with E-state index in [1.165, 1.54) is 18.2 Å². The van der Waals surface area contributed by atoms with E-state index in [0.717, 1.165) is 5.56 Å². The van der Waals surface area contributed by atoms with E-state index in [0.29, 0.717) is 39.9 Å². The summed E-state index contributed by atoms with van der Waals surface area (Å²) in [4.78, 5) is 12.7. The standard InChI is InChI=1S/C30H22ClFN2O3/c31-28-17-22(9-14-29(28)37-20-23-7-4-8-25(32)16-23)15-24(18-33)30(35)34-26-10-12-27(13-11-26)36-19-21-5-2-1-3-6-21/h1-17H,19-20H2,(H,34,35)/b24-15+. The Bertz CT molecular complexity index is 1450. The number of rotatable bonds is 9. The van der Waals surface area contributed by atoms with Gasteiger partial charge in [-0.05, 0) is 71.3 Å². The quantitative estimate of drug-likeness (QED) is 0.190. The minimum absolute atomic E-state index is 0.0890. The van der Waals surface area contributed by atoms with Gasteiger partial charge in [-0.3, -0.25) is 4.79 Å². The number of ether oxygens (including phenoxy) is 2. The van der Waals surface area contributed by atoms with E-state index < -0.39 is 5.91 Å². The van der Waals surface area contributed by atoms with E-state index in [4.69, 9.17) is 21.1 Å². The van der Waals surface area contributed by atoms with Crippen LogP contribution in [0.25, 0.3) is 6.08 Å². The van der Waals surface area contributed by atoms with E-state index in [-0.39, 0.29) is 18.0 Å². The number of nitrogens with one attached hydrogen (secondary N) is 1. The minimum Gasteiger partial charge on any atom is -0.489 e. The number of hydrogen-bond acceptors (Lipinski definition) is 4. The second-order valence-electron chi connectivity index (χ2n) is 8.03. The molecule has 4 rings (SSSR count). The number of halogens is 2. The largest absolute Gasteiger partial charge is 0.489 e. The molecule has 0 atom stereocenters. The predicted molar refractivity (Wildman–Crippen MR) is 142 cm³/mol. The van der Waals surface area contributed by atoms with Gasteiger partial charge < -0.3 is 14.8 Å². The Morgan fingerprint density at radius 1 is 0.892 bits per heavy atom. The Balaban J connectivity index is 1.36. The van der Waals surface area contributed by atoms with Crippen molar-refractivity contribution in [3.8, 4) is 17.6 Å². The lowest BCUT2D eigenvalue weighted by Crippen LogP contribution is -2.13. The van der Waals surface area contributed by atoms with Gasteiger partial charge in [-0.25, -0.2) is 4.39 Å². The van der Waals surface area contributed by atoms with Gasteiger partial charge in [0.1, 0.15) is 42.2 Å². The van der Waals surface area contributed by atoms with Gasteiger partial charge in [-0.15, -0.1) is 0 Å². The highest BCUT2D eigenvalue weighted by Gasteiger charge is 2.11. The van der Waals surface area contributed by atoms with Crippen molar-refractivity contribution < 1.29 is 18.7 Å². The Labute approximate surface area is 219 Å². The van der Waals surface area contributed by atoms with Crippen LogP contribution in [-0.4, -0.2) is 5.91 Å². The Kier molecular flexibility index (Phi) is 8.53. The average molecular weight is 513 g/mol. The third kappa shape index (κ3) is 7.44. The normalized spacial score (nSPS) is 10.9.